The van der Waals surface area contributed by atoms with Gasteiger partial charge in [0.25, 0.3) is 0 Å². The zero-order valence-corrected chi connectivity index (χ0v) is 16.6. The minimum atomic E-state index is -3.48. The van der Waals surface area contributed by atoms with Crippen molar-refractivity contribution < 1.29 is 16.8 Å². The molecule has 1 aliphatic rings. The van der Waals surface area contributed by atoms with E-state index in [0.717, 1.165) is 38.0 Å². The predicted octanol–water partition coefficient (Wildman–Crippen LogP) is 1.42. The molecular weight excluding hydrogens is 360 g/mol. The summed E-state index contributed by atoms with van der Waals surface area (Å²) in [5.41, 5.74) is 1.02. The summed E-state index contributed by atoms with van der Waals surface area (Å²) in [5.74, 6) is 0.459. The summed E-state index contributed by atoms with van der Waals surface area (Å²) in [6.07, 6.45) is 3.88. The summed E-state index contributed by atoms with van der Waals surface area (Å²) in [6, 6.07) is 6.82. The highest BCUT2D eigenvalue weighted by molar-refractivity contribution is 7.90. The van der Waals surface area contributed by atoms with Crippen LogP contribution in [0.5, 0.6) is 0 Å². The molecule has 1 aromatic carbocycles. The summed E-state index contributed by atoms with van der Waals surface area (Å²) in [7, 11) is -6.40. The van der Waals surface area contributed by atoms with Gasteiger partial charge >= 0.3 is 0 Å². The maximum Gasteiger partial charge on any atom is 0.240 e. The number of hydrogen-bond donors (Lipinski definition) is 1. The van der Waals surface area contributed by atoms with Crippen LogP contribution in [0.2, 0.25) is 0 Å². The summed E-state index contributed by atoms with van der Waals surface area (Å²) >= 11 is 0. The third-order valence-corrected chi connectivity index (χ3v) is 6.96. The average Bonchev–Trinajstić information content (AvgIpc) is 2.53. The van der Waals surface area contributed by atoms with E-state index in [2.05, 4.69) is 9.62 Å². The molecule has 1 unspecified atom stereocenters. The van der Waals surface area contributed by atoms with Crippen LogP contribution in [0.3, 0.4) is 0 Å². The Morgan fingerprint density at radius 3 is 2.48 bits per heavy atom. The second-order valence-corrected chi connectivity index (χ2v) is 11.0. The molecule has 1 saturated heterocycles. The van der Waals surface area contributed by atoms with Gasteiger partial charge in [0, 0.05) is 19.3 Å². The van der Waals surface area contributed by atoms with E-state index in [0.29, 0.717) is 17.9 Å². The fourth-order valence-corrected chi connectivity index (χ4v) is 4.87. The van der Waals surface area contributed by atoms with Gasteiger partial charge in [-0.05, 0) is 57.3 Å². The van der Waals surface area contributed by atoms with Crippen molar-refractivity contribution in [2.24, 2.45) is 5.92 Å². The number of likely N-dealkylation sites (tertiary alicyclic amines) is 1. The van der Waals surface area contributed by atoms with Gasteiger partial charge in [0.2, 0.25) is 10.0 Å². The highest BCUT2D eigenvalue weighted by Gasteiger charge is 2.22. The Kier molecular flexibility index (Phi) is 7.01. The van der Waals surface area contributed by atoms with Crippen molar-refractivity contribution in [3.63, 3.8) is 0 Å². The SMILES string of the molecule is Cc1ccc(S(=O)(=O)NCC2CCCN(CCCS(C)(=O)=O)C2)cc1. The first kappa shape index (κ1) is 20.4. The summed E-state index contributed by atoms with van der Waals surface area (Å²) in [4.78, 5) is 2.53. The largest absolute Gasteiger partial charge is 0.303 e. The van der Waals surface area contributed by atoms with Gasteiger partial charge in [-0.3, -0.25) is 0 Å². The fourth-order valence-electron chi connectivity index (χ4n) is 3.10. The number of piperidine rings is 1. The van der Waals surface area contributed by atoms with E-state index in [1.807, 2.05) is 6.92 Å². The van der Waals surface area contributed by atoms with Crippen LogP contribution in [0.25, 0.3) is 0 Å². The standard InChI is InChI=1S/C17H28N2O4S2/c1-15-6-8-17(9-7-15)25(22,23)18-13-16-5-3-10-19(14-16)11-4-12-24(2,20)21/h6-9,16,18H,3-5,10-14H2,1-2H3. The van der Waals surface area contributed by atoms with Gasteiger partial charge in [-0.2, -0.15) is 0 Å². The fraction of sp³-hybridized carbons (Fsp3) is 0.647. The predicted molar refractivity (Wildman–Crippen MR) is 99.9 cm³/mol. The highest BCUT2D eigenvalue weighted by atomic mass is 32.2. The van der Waals surface area contributed by atoms with Crippen LogP contribution in [0, 0.1) is 12.8 Å². The molecule has 6 nitrogen and oxygen atoms in total. The van der Waals surface area contributed by atoms with E-state index in [9.17, 15) is 16.8 Å². The molecule has 1 aliphatic heterocycles. The van der Waals surface area contributed by atoms with E-state index < -0.39 is 19.9 Å². The third-order valence-electron chi connectivity index (χ3n) is 4.49. The number of benzene rings is 1. The Labute approximate surface area is 151 Å². The lowest BCUT2D eigenvalue weighted by atomic mass is 9.98. The smallest absolute Gasteiger partial charge is 0.240 e. The van der Waals surface area contributed by atoms with Gasteiger partial charge < -0.3 is 4.90 Å². The normalized spacial score (nSPS) is 19.8. The Bertz CT molecular complexity index is 758. The summed E-state index contributed by atoms with van der Waals surface area (Å²) in [5, 5.41) is 0. The lowest BCUT2D eigenvalue weighted by molar-refractivity contribution is 0.176. The molecule has 0 amide bonds. The Balaban J connectivity index is 1.82. The van der Waals surface area contributed by atoms with Crippen LogP contribution >= 0.6 is 0 Å². The topological polar surface area (TPSA) is 83.6 Å². The van der Waals surface area contributed by atoms with Crippen LogP contribution < -0.4 is 4.72 Å². The molecule has 0 bridgehead atoms. The molecule has 1 fully saturated rings. The molecule has 1 atom stereocenters. The van der Waals surface area contributed by atoms with Gasteiger partial charge in [0.15, 0.2) is 0 Å². The van der Waals surface area contributed by atoms with E-state index in [-0.39, 0.29) is 11.7 Å². The zero-order chi connectivity index (χ0) is 18.5. The third kappa shape index (κ3) is 7.05. The molecule has 1 N–H and O–H groups in total. The van der Waals surface area contributed by atoms with Crippen LogP contribution in [-0.4, -0.2) is 59.9 Å². The second-order valence-electron chi connectivity index (χ2n) is 6.96. The van der Waals surface area contributed by atoms with Crippen LogP contribution in [-0.2, 0) is 19.9 Å². The van der Waals surface area contributed by atoms with Gasteiger partial charge in [0.1, 0.15) is 9.84 Å². The number of hydrogen-bond acceptors (Lipinski definition) is 5. The Hall–Kier alpha value is -0.960. The molecule has 1 heterocycles. The second kappa shape index (κ2) is 8.62. The number of sulfone groups is 1. The Morgan fingerprint density at radius 2 is 1.84 bits per heavy atom. The molecule has 0 aromatic heterocycles. The van der Waals surface area contributed by atoms with Crippen molar-refractivity contribution in [3.8, 4) is 0 Å². The molecule has 25 heavy (non-hydrogen) atoms. The zero-order valence-electron chi connectivity index (χ0n) is 14.9. The highest BCUT2D eigenvalue weighted by Crippen LogP contribution is 2.17. The quantitative estimate of drug-likeness (QED) is 0.728. The summed E-state index contributed by atoms with van der Waals surface area (Å²) < 4.78 is 49.9. The first-order valence-electron chi connectivity index (χ1n) is 8.62. The number of nitrogens with zero attached hydrogens (tertiary/aromatic N) is 1. The maximum atomic E-state index is 12.4. The van der Waals surface area contributed by atoms with Crippen molar-refractivity contribution >= 4 is 19.9 Å². The van der Waals surface area contributed by atoms with E-state index in [1.54, 1.807) is 24.3 Å². The molecule has 0 aliphatic carbocycles. The van der Waals surface area contributed by atoms with Gasteiger partial charge in [0.05, 0.1) is 10.6 Å². The van der Waals surface area contributed by atoms with Crippen LogP contribution in [0.15, 0.2) is 29.2 Å². The molecule has 2 rings (SSSR count). The minimum absolute atomic E-state index is 0.203. The van der Waals surface area contributed by atoms with Crippen molar-refractivity contribution in [1.29, 1.82) is 0 Å². The van der Waals surface area contributed by atoms with Crippen molar-refractivity contribution in [1.82, 2.24) is 9.62 Å². The molecule has 1 aromatic rings. The Morgan fingerprint density at radius 1 is 1.16 bits per heavy atom. The molecule has 0 spiro atoms. The molecule has 0 radical (unpaired) electrons. The average molecular weight is 389 g/mol. The lowest BCUT2D eigenvalue weighted by Gasteiger charge is -2.32. The number of rotatable bonds is 8. The van der Waals surface area contributed by atoms with Crippen molar-refractivity contribution in [3.05, 3.63) is 29.8 Å². The van der Waals surface area contributed by atoms with Gasteiger partial charge in [-0.15, -0.1) is 0 Å². The molecule has 142 valence electrons. The minimum Gasteiger partial charge on any atom is -0.303 e. The summed E-state index contributed by atoms with van der Waals surface area (Å²) in [6.45, 7) is 4.84. The van der Waals surface area contributed by atoms with E-state index >= 15 is 0 Å². The van der Waals surface area contributed by atoms with Crippen molar-refractivity contribution in [2.45, 2.75) is 31.1 Å². The number of sulfonamides is 1. The number of nitrogens with one attached hydrogen (secondary N) is 1. The number of aryl methyl sites for hydroxylation is 1. The van der Waals surface area contributed by atoms with Gasteiger partial charge in [-0.1, -0.05) is 17.7 Å². The maximum absolute atomic E-state index is 12.4. The first-order valence-corrected chi connectivity index (χ1v) is 12.2. The molecule has 0 saturated carbocycles. The van der Waals surface area contributed by atoms with Gasteiger partial charge in [-0.25, -0.2) is 21.6 Å². The first-order chi connectivity index (χ1) is 11.7. The van der Waals surface area contributed by atoms with E-state index in [4.69, 9.17) is 0 Å². The lowest BCUT2D eigenvalue weighted by Crippen LogP contribution is -2.41. The monoisotopic (exact) mass is 388 g/mol. The van der Waals surface area contributed by atoms with Crippen LogP contribution in [0.1, 0.15) is 24.8 Å². The van der Waals surface area contributed by atoms with E-state index in [1.165, 1.54) is 6.26 Å². The van der Waals surface area contributed by atoms with Crippen molar-refractivity contribution in [2.75, 3.05) is 38.2 Å². The van der Waals surface area contributed by atoms with Crippen LogP contribution in [0.4, 0.5) is 0 Å². The molecular formula is C17H28N2O4S2. The molecule has 8 heteroatoms.